The van der Waals surface area contributed by atoms with Crippen molar-refractivity contribution in [3.63, 3.8) is 0 Å². The highest BCUT2D eigenvalue weighted by Gasteiger charge is 2.33. The van der Waals surface area contributed by atoms with Gasteiger partial charge in [0.15, 0.2) is 5.69 Å². The van der Waals surface area contributed by atoms with E-state index in [0.29, 0.717) is 38.0 Å². The second-order valence-electron chi connectivity index (χ2n) is 7.29. The molecule has 0 atom stereocenters. The van der Waals surface area contributed by atoms with Crippen molar-refractivity contribution in [2.75, 3.05) is 39.4 Å². The van der Waals surface area contributed by atoms with Crippen molar-refractivity contribution in [1.82, 2.24) is 20.0 Å². The molecule has 0 unspecified atom stereocenters. The molecular weight excluding hydrogens is 360 g/mol. The quantitative estimate of drug-likeness (QED) is 0.862. The van der Waals surface area contributed by atoms with E-state index in [9.17, 15) is 4.79 Å². The molecule has 2 aromatic rings. The fraction of sp³-hybridized carbons (Fsp3) is 0.500. The van der Waals surface area contributed by atoms with Crippen LogP contribution in [0.25, 0.3) is 11.3 Å². The van der Waals surface area contributed by atoms with Crippen LogP contribution in [-0.4, -0.2) is 60.0 Å². The largest absolute Gasteiger partial charge is 0.378 e. The summed E-state index contributed by atoms with van der Waals surface area (Å²) in [5.41, 5.74) is 4.13. The van der Waals surface area contributed by atoms with E-state index in [1.807, 2.05) is 16.7 Å². The van der Waals surface area contributed by atoms with Gasteiger partial charge in [0, 0.05) is 34.9 Å². The van der Waals surface area contributed by atoms with E-state index in [-0.39, 0.29) is 5.91 Å². The maximum atomic E-state index is 13.3. The summed E-state index contributed by atoms with van der Waals surface area (Å²) in [7, 11) is 0. The van der Waals surface area contributed by atoms with Crippen LogP contribution >= 0.6 is 11.8 Å². The number of piperidine rings is 1. The summed E-state index contributed by atoms with van der Waals surface area (Å²) >= 11 is 1.81. The number of benzene rings is 1. The lowest BCUT2D eigenvalue weighted by Gasteiger charge is -2.26. The number of hydrogen-bond donors (Lipinski definition) is 1. The van der Waals surface area contributed by atoms with Gasteiger partial charge in [-0.05, 0) is 32.0 Å². The monoisotopic (exact) mass is 384 g/mol. The number of rotatable bonds is 2. The van der Waals surface area contributed by atoms with Crippen LogP contribution in [-0.2, 0) is 10.5 Å². The lowest BCUT2D eigenvalue weighted by Crippen LogP contribution is -2.41. The molecule has 3 aliphatic rings. The Morgan fingerprint density at radius 1 is 1.19 bits per heavy atom. The second kappa shape index (κ2) is 7.30. The Hall–Kier alpha value is -1.83. The van der Waals surface area contributed by atoms with E-state index in [0.717, 1.165) is 42.9 Å². The van der Waals surface area contributed by atoms with Crippen molar-refractivity contribution in [1.29, 1.82) is 0 Å². The Kier molecular flexibility index (Phi) is 4.67. The van der Waals surface area contributed by atoms with Gasteiger partial charge in [-0.15, -0.1) is 11.8 Å². The highest BCUT2D eigenvalue weighted by molar-refractivity contribution is 7.98. The van der Waals surface area contributed by atoms with E-state index in [1.165, 1.54) is 10.5 Å². The van der Waals surface area contributed by atoms with E-state index >= 15 is 0 Å². The Labute approximate surface area is 163 Å². The normalized spacial score (nSPS) is 20.2. The molecule has 0 bridgehead atoms. The number of fused-ring (bicyclic) bond motifs is 3. The second-order valence-corrected chi connectivity index (χ2v) is 8.31. The van der Waals surface area contributed by atoms with Gasteiger partial charge in [-0.3, -0.25) is 9.48 Å². The first-order chi connectivity index (χ1) is 13.3. The minimum atomic E-state index is 0.0576. The lowest BCUT2D eigenvalue weighted by atomic mass is 10.0. The Bertz CT molecular complexity index is 854. The number of hydrogen-bond acceptors (Lipinski definition) is 5. The molecular formula is C20H24N4O2S. The van der Waals surface area contributed by atoms with Gasteiger partial charge in [0.2, 0.25) is 0 Å². The smallest absolute Gasteiger partial charge is 0.274 e. The van der Waals surface area contributed by atoms with Gasteiger partial charge in [0.25, 0.3) is 5.91 Å². The van der Waals surface area contributed by atoms with Crippen LogP contribution in [0.15, 0.2) is 29.2 Å². The number of aromatic nitrogens is 2. The van der Waals surface area contributed by atoms with Crippen LogP contribution in [0.1, 0.15) is 34.9 Å². The zero-order valence-corrected chi connectivity index (χ0v) is 16.1. The van der Waals surface area contributed by atoms with Crippen molar-refractivity contribution in [3.05, 3.63) is 35.5 Å². The minimum absolute atomic E-state index is 0.0576. The average molecular weight is 385 g/mol. The number of nitrogens with one attached hydrogen (secondary N) is 1. The first kappa shape index (κ1) is 17.3. The van der Waals surface area contributed by atoms with Crippen molar-refractivity contribution >= 4 is 17.7 Å². The van der Waals surface area contributed by atoms with Crippen LogP contribution in [0.3, 0.4) is 0 Å². The number of thioether (sulfide) groups is 1. The van der Waals surface area contributed by atoms with E-state index < -0.39 is 0 Å². The molecule has 1 amide bonds. The van der Waals surface area contributed by atoms with Crippen LogP contribution < -0.4 is 5.32 Å². The Morgan fingerprint density at radius 2 is 1.96 bits per heavy atom. The van der Waals surface area contributed by atoms with Crippen molar-refractivity contribution < 1.29 is 9.53 Å². The number of carbonyl (C=O) groups is 1. The molecule has 2 saturated heterocycles. The number of amides is 1. The number of carbonyl (C=O) groups excluding carboxylic acids is 1. The number of morpholine rings is 1. The predicted molar refractivity (Wildman–Crippen MR) is 105 cm³/mol. The fourth-order valence-electron chi connectivity index (χ4n) is 4.23. The molecule has 1 aromatic heterocycles. The first-order valence-corrected chi connectivity index (χ1v) is 10.7. The maximum Gasteiger partial charge on any atom is 0.274 e. The zero-order valence-electron chi connectivity index (χ0n) is 15.3. The molecule has 27 heavy (non-hydrogen) atoms. The minimum Gasteiger partial charge on any atom is -0.378 e. The van der Waals surface area contributed by atoms with Gasteiger partial charge in [-0.1, -0.05) is 18.2 Å². The van der Waals surface area contributed by atoms with Gasteiger partial charge < -0.3 is 15.0 Å². The van der Waals surface area contributed by atoms with E-state index in [2.05, 4.69) is 34.3 Å². The third-order valence-corrected chi connectivity index (χ3v) is 6.78. The summed E-state index contributed by atoms with van der Waals surface area (Å²) in [5, 5.41) is 8.36. The van der Waals surface area contributed by atoms with Crippen molar-refractivity contribution in [2.45, 2.75) is 29.5 Å². The van der Waals surface area contributed by atoms with E-state index in [1.54, 1.807) is 0 Å². The molecule has 3 aliphatic heterocycles. The molecule has 0 radical (unpaired) electrons. The SMILES string of the molecule is O=C(c1nn(C2CCNCC2)c2c1CSc1ccccc1-2)N1CCOCC1. The molecule has 2 fully saturated rings. The molecule has 5 rings (SSSR count). The topological polar surface area (TPSA) is 59.4 Å². The summed E-state index contributed by atoms with van der Waals surface area (Å²) in [5.74, 6) is 0.866. The average Bonchev–Trinajstić information content (AvgIpc) is 3.15. The molecule has 7 heteroatoms. The highest BCUT2D eigenvalue weighted by Crippen LogP contribution is 2.44. The van der Waals surface area contributed by atoms with Crippen LogP contribution in [0.2, 0.25) is 0 Å². The molecule has 0 saturated carbocycles. The highest BCUT2D eigenvalue weighted by atomic mass is 32.2. The van der Waals surface area contributed by atoms with Gasteiger partial charge in [0.1, 0.15) is 0 Å². The fourth-order valence-corrected chi connectivity index (χ4v) is 5.30. The van der Waals surface area contributed by atoms with Crippen LogP contribution in [0.4, 0.5) is 0 Å². The van der Waals surface area contributed by atoms with Gasteiger partial charge >= 0.3 is 0 Å². The third kappa shape index (κ3) is 3.07. The number of nitrogens with zero attached hydrogens (tertiary/aromatic N) is 3. The van der Waals surface area contributed by atoms with Crippen molar-refractivity contribution in [3.8, 4) is 11.3 Å². The maximum absolute atomic E-state index is 13.3. The molecule has 0 spiro atoms. The molecule has 0 aliphatic carbocycles. The summed E-state index contributed by atoms with van der Waals surface area (Å²) in [6.45, 7) is 4.53. The molecule has 1 aromatic carbocycles. The predicted octanol–water partition coefficient (Wildman–Crippen LogP) is 2.55. The molecule has 1 N–H and O–H groups in total. The number of ether oxygens (including phenoxy) is 1. The van der Waals surface area contributed by atoms with Gasteiger partial charge in [-0.25, -0.2) is 0 Å². The Morgan fingerprint density at radius 3 is 2.78 bits per heavy atom. The van der Waals surface area contributed by atoms with Crippen LogP contribution in [0, 0.1) is 0 Å². The lowest BCUT2D eigenvalue weighted by molar-refractivity contribution is 0.0297. The molecule has 4 heterocycles. The molecule has 142 valence electrons. The van der Waals surface area contributed by atoms with Gasteiger partial charge in [0.05, 0.1) is 24.9 Å². The van der Waals surface area contributed by atoms with Gasteiger partial charge in [-0.2, -0.15) is 5.10 Å². The third-order valence-electron chi connectivity index (χ3n) is 5.68. The standard InChI is InChI=1S/C20H24N4O2S/c25-20(23-9-11-26-12-10-23)18-16-13-27-17-4-2-1-3-15(17)19(16)24(22-18)14-5-7-21-8-6-14/h1-4,14,21H,5-13H2. The summed E-state index contributed by atoms with van der Waals surface area (Å²) in [6, 6.07) is 8.86. The molecule has 6 nitrogen and oxygen atoms in total. The summed E-state index contributed by atoms with van der Waals surface area (Å²) < 4.78 is 7.58. The Balaban J connectivity index is 1.61. The summed E-state index contributed by atoms with van der Waals surface area (Å²) in [4.78, 5) is 16.4. The first-order valence-electron chi connectivity index (χ1n) is 9.74. The van der Waals surface area contributed by atoms with E-state index in [4.69, 9.17) is 9.84 Å². The zero-order chi connectivity index (χ0) is 18.2. The summed E-state index contributed by atoms with van der Waals surface area (Å²) in [6.07, 6.45) is 2.10. The van der Waals surface area contributed by atoms with Crippen LogP contribution in [0.5, 0.6) is 0 Å². The van der Waals surface area contributed by atoms with Crippen molar-refractivity contribution in [2.24, 2.45) is 0 Å².